The molecule has 1 aromatic rings. The number of benzene rings is 1. The second kappa shape index (κ2) is 13.4. The van der Waals surface area contributed by atoms with Gasteiger partial charge in [0.25, 0.3) is 0 Å². The Morgan fingerprint density at radius 2 is 2.03 bits per heavy atom. The number of allylic oxidation sites excluding steroid dienone is 4. The van der Waals surface area contributed by atoms with Crippen LogP contribution in [0.25, 0.3) is 0 Å². The van der Waals surface area contributed by atoms with Gasteiger partial charge in [-0.1, -0.05) is 67.5 Å². The minimum Gasteiger partial charge on any atom is -0.412 e. The van der Waals surface area contributed by atoms with Crippen LogP contribution in [0.4, 0.5) is 5.69 Å². The second-order valence-corrected chi connectivity index (χ2v) is 8.06. The Bertz CT molecular complexity index is 681. The van der Waals surface area contributed by atoms with E-state index in [0.29, 0.717) is 12.5 Å². The van der Waals surface area contributed by atoms with E-state index in [1.165, 1.54) is 42.5 Å². The molecular formula is C25H41N3O. The van der Waals surface area contributed by atoms with Crippen LogP contribution in [0.1, 0.15) is 63.0 Å². The van der Waals surface area contributed by atoms with Crippen LogP contribution in [-0.2, 0) is 0 Å². The first-order valence-electron chi connectivity index (χ1n) is 10.8. The lowest BCUT2D eigenvalue weighted by atomic mass is 9.96. The molecule has 0 bridgehead atoms. The molecular weight excluding hydrogens is 358 g/mol. The van der Waals surface area contributed by atoms with Crippen molar-refractivity contribution >= 4 is 5.69 Å². The van der Waals surface area contributed by atoms with Crippen molar-refractivity contribution in [2.24, 2.45) is 17.4 Å². The van der Waals surface area contributed by atoms with Crippen LogP contribution < -0.4 is 16.4 Å². The van der Waals surface area contributed by atoms with E-state index in [4.69, 9.17) is 11.5 Å². The number of nitrogens with two attached hydrogens (primary N) is 2. The maximum Gasteiger partial charge on any atom is 0.0962 e. The van der Waals surface area contributed by atoms with E-state index in [1.54, 1.807) is 0 Å². The fourth-order valence-corrected chi connectivity index (χ4v) is 3.96. The minimum absolute atomic E-state index is 0. The molecule has 3 atom stereocenters. The third kappa shape index (κ3) is 7.81. The summed E-state index contributed by atoms with van der Waals surface area (Å²) in [5, 5.41) is 0. The standard InChI is InChI=1S/C17H25N3.C8H14.H2O/c1-3-4-6-14-12-20(17(19)7-5-10-18)16-9-8-13(2)11-15(14)16;1-8-6-4-2-3-5-7-8;/h3-5,7-9,11,14,17H,6,10,12,18-19H2,1-2H3;4,6,8H,2-3,5,7H2,1H3;1H2/b4-3-,7-5-;;/t14-,17?;;/m0../s1. The third-order valence-electron chi connectivity index (χ3n) is 5.58. The molecule has 2 unspecified atom stereocenters. The summed E-state index contributed by atoms with van der Waals surface area (Å²) < 4.78 is 0. The SMILES string of the molecule is C/C=C\C[C@H]1CN(C(N)/C=C\CN)c2ccc(C)cc21.CC1C=CCCCC1.O. The van der Waals surface area contributed by atoms with Crippen molar-refractivity contribution in [3.63, 3.8) is 0 Å². The lowest BCUT2D eigenvalue weighted by molar-refractivity contribution is 0.605. The van der Waals surface area contributed by atoms with E-state index < -0.39 is 0 Å². The van der Waals surface area contributed by atoms with Gasteiger partial charge in [0, 0.05) is 24.7 Å². The van der Waals surface area contributed by atoms with Gasteiger partial charge < -0.3 is 21.8 Å². The highest BCUT2D eigenvalue weighted by atomic mass is 16.0. The van der Waals surface area contributed by atoms with Crippen molar-refractivity contribution in [2.75, 3.05) is 18.0 Å². The monoisotopic (exact) mass is 399 g/mol. The van der Waals surface area contributed by atoms with Gasteiger partial charge in [-0.15, -0.1) is 0 Å². The van der Waals surface area contributed by atoms with Crippen LogP contribution in [-0.4, -0.2) is 24.7 Å². The zero-order valence-electron chi connectivity index (χ0n) is 18.5. The molecule has 0 aromatic heterocycles. The van der Waals surface area contributed by atoms with Crippen LogP contribution in [0.3, 0.4) is 0 Å². The highest BCUT2D eigenvalue weighted by Crippen LogP contribution is 2.39. The molecule has 0 saturated heterocycles. The maximum atomic E-state index is 6.27. The van der Waals surface area contributed by atoms with Crippen LogP contribution in [0.5, 0.6) is 0 Å². The summed E-state index contributed by atoms with van der Waals surface area (Å²) in [4.78, 5) is 2.27. The number of anilines is 1. The molecule has 162 valence electrons. The largest absolute Gasteiger partial charge is 0.412 e. The fraction of sp³-hybridized carbons (Fsp3) is 0.520. The molecule has 0 spiro atoms. The summed E-state index contributed by atoms with van der Waals surface area (Å²) in [6, 6.07) is 6.64. The van der Waals surface area contributed by atoms with Crippen LogP contribution in [0.15, 0.2) is 54.7 Å². The quantitative estimate of drug-likeness (QED) is 0.710. The predicted molar refractivity (Wildman–Crippen MR) is 127 cm³/mol. The Kier molecular flexibility index (Phi) is 11.6. The molecule has 0 amide bonds. The van der Waals surface area contributed by atoms with Crippen LogP contribution in [0, 0.1) is 12.8 Å². The van der Waals surface area contributed by atoms with Crippen molar-refractivity contribution < 1.29 is 5.48 Å². The summed E-state index contributed by atoms with van der Waals surface area (Å²) >= 11 is 0. The van der Waals surface area contributed by atoms with Crippen molar-refractivity contribution in [3.05, 3.63) is 65.8 Å². The molecule has 1 aromatic carbocycles. The number of hydrogen-bond donors (Lipinski definition) is 2. The molecule has 0 radical (unpaired) electrons. The Morgan fingerprint density at radius 3 is 2.76 bits per heavy atom. The number of fused-ring (bicyclic) bond motifs is 1. The number of rotatable bonds is 5. The first-order valence-corrected chi connectivity index (χ1v) is 10.8. The molecule has 29 heavy (non-hydrogen) atoms. The summed E-state index contributed by atoms with van der Waals surface area (Å²) in [5.41, 5.74) is 15.8. The smallest absolute Gasteiger partial charge is 0.0962 e. The molecule has 4 heteroatoms. The van der Waals surface area contributed by atoms with Gasteiger partial charge >= 0.3 is 0 Å². The topological polar surface area (TPSA) is 86.8 Å². The zero-order valence-corrected chi connectivity index (χ0v) is 18.5. The lowest BCUT2D eigenvalue weighted by Gasteiger charge is -2.25. The van der Waals surface area contributed by atoms with Crippen LogP contribution in [0.2, 0.25) is 0 Å². The summed E-state index contributed by atoms with van der Waals surface area (Å²) in [7, 11) is 0. The molecule has 1 aliphatic carbocycles. The predicted octanol–water partition coefficient (Wildman–Crippen LogP) is 4.59. The Morgan fingerprint density at radius 1 is 1.24 bits per heavy atom. The molecule has 0 saturated carbocycles. The molecule has 0 fully saturated rings. The number of hydrogen-bond acceptors (Lipinski definition) is 3. The fourth-order valence-electron chi connectivity index (χ4n) is 3.96. The number of aryl methyl sites for hydroxylation is 1. The molecule has 4 nitrogen and oxygen atoms in total. The van der Waals surface area contributed by atoms with Gasteiger partial charge in [0.05, 0.1) is 6.17 Å². The van der Waals surface area contributed by atoms with Gasteiger partial charge in [0.15, 0.2) is 0 Å². The average molecular weight is 400 g/mol. The Labute approximate surface area is 177 Å². The van der Waals surface area contributed by atoms with Gasteiger partial charge in [-0.3, -0.25) is 0 Å². The van der Waals surface area contributed by atoms with E-state index in [2.05, 4.69) is 68.2 Å². The second-order valence-electron chi connectivity index (χ2n) is 8.06. The van der Waals surface area contributed by atoms with Gasteiger partial charge in [-0.2, -0.15) is 0 Å². The van der Waals surface area contributed by atoms with Gasteiger partial charge in [0.1, 0.15) is 0 Å². The van der Waals surface area contributed by atoms with Gasteiger partial charge in [-0.25, -0.2) is 0 Å². The summed E-state index contributed by atoms with van der Waals surface area (Å²) in [6.07, 6.45) is 19.4. The summed E-state index contributed by atoms with van der Waals surface area (Å²) in [6.45, 7) is 8.01. The van der Waals surface area contributed by atoms with E-state index in [-0.39, 0.29) is 11.6 Å². The maximum absolute atomic E-state index is 6.27. The van der Waals surface area contributed by atoms with Crippen molar-refractivity contribution in [3.8, 4) is 0 Å². The molecule has 1 heterocycles. The molecule has 1 aliphatic heterocycles. The van der Waals surface area contributed by atoms with E-state index >= 15 is 0 Å². The van der Waals surface area contributed by atoms with Crippen LogP contribution >= 0.6 is 0 Å². The highest BCUT2D eigenvalue weighted by molar-refractivity contribution is 5.62. The van der Waals surface area contributed by atoms with Crippen molar-refractivity contribution in [2.45, 2.75) is 65.0 Å². The third-order valence-corrected chi connectivity index (χ3v) is 5.58. The van der Waals surface area contributed by atoms with E-state index in [0.717, 1.165) is 18.9 Å². The average Bonchev–Trinajstić information content (AvgIpc) is 2.86. The Balaban J connectivity index is 0.000000394. The Hall–Kier alpha value is -1.88. The van der Waals surface area contributed by atoms with E-state index in [1.807, 2.05) is 12.2 Å². The van der Waals surface area contributed by atoms with Gasteiger partial charge in [-0.05, 0) is 57.1 Å². The molecule has 6 N–H and O–H groups in total. The first kappa shape index (κ1) is 25.2. The van der Waals surface area contributed by atoms with Crippen molar-refractivity contribution in [1.82, 2.24) is 0 Å². The molecule has 2 aliphatic rings. The summed E-state index contributed by atoms with van der Waals surface area (Å²) in [5.74, 6) is 1.37. The lowest BCUT2D eigenvalue weighted by Crippen LogP contribution is -2.40. The number of nitrogens with zero attached hydrogens (tertiary/aromatic N) is 1. The first-order chi connectivity index (χ1) is 13.6. The molecule has 3 rings (SSSR count). The minimum atomic E-state index is -0.101. The van der Waals surface area contributed by atoms with Gasteiger partial charge in [0.2, 0.25) is 0 Å². The highest BCUT2D eigenvalue weighted by Gasteiger charge is 2.29. The van der Waals surface area contributed by atoms with E-state index in [9.17, 15) is 0 Å². The normalized spacial score (nSPS) is 22.0. The van der Waals surface area contributed by atoms with Crippen molar-refractivity contribution in [1.29, 1.82) is 0 Å². The zero-order chi connectivity index (χ0) is 20.4.